The van der Waals surface area contributed by atoms with E-state index in [0.717, 1.165) is 5.25 Å². The van der Waals surface area contributed by atoms with E-state index < -0.39 is 0 Å². The maximum atomic E-state index is 2.33. The fourth-order valence-electron chi connectivity index (χ4n) is 0.548. The summed E-state index contributed by atoms with van der Waals surface area (Å²) in [5, 5.41) is 0.766. The largest absolute Gasteiger partial charge is 0.155 e. The first-order valence-corrected chi connectivity index (χ1v) is 4.68. The average molecular weight is 145 g/mol. The highest BCUT2D eigenvalue weighted by atomic mass is 32.2. The van der Waals surface area contributed by atoms with E-state index >= 15 is 0 Å². The summed E-state index contributed by atoms with van der Waals surface area (Å²) in [6, 6.07) is 0. The van der Waals surface area contributed by atoms with Crippen molar-refractivity contribution in [2.24, 2.45) is 0 Å². The van der Waals surface area contributed by atoms with Gasteiger partial charge in [-0.05, 0) is 11.7 Å². The molecule has 0 aliphatic heterocycles. The molecule has 0 bridgehead atoms. The third kappa shape index (κ3) is 8.35. The molecule has 0 aromatic heterocycles. The molecule has 1 heteroatoms. The van der Waals surface area contributed by atoms with Gasteiger partial charge in [-0.3, -0.25) is 0 Å². The van der Waals surface area contributed by atoms with Crippen molar-refractivity contribution in [1.29, 1.82) is 0 Å². The van der Waals surface area contributed by atoms with Crippen LogP contribution in [0.15, 0.2) is 0 Å². The van der Waals surface area contributed by atoms with Crippen molar-refractivity contribution >= 4 is 11.8 Å². The standard InChI is InChI=1S/C8H17S/c1-4-5-6-7-9-8(2)3/h7-8H,4-6H2,1-3H3. The Labute approximate surface area is 63.4 Å². The molecule has 0 aliphatic rings. The first kappa shape index (κ1) is 9.35. The van der Waals surface area contributed by atoms with Crippen LogP contribution in [0.25, 0.3) is 0 Å². The van der Waals surface area contributed by atoms with Gasteiger partial charge in [0.15, 0.2) is 0 Å². The molecule has 0 N–H and O–H groups in total. The number of hydrogen-bond acceptors (Lipinski definition) is 1. The van der Waals surface area contributed by atoms with E-state index in [1.807, 2.05) is 11.8 Å². The highest BCUT2D eigenvalue weighted by molar-refractivity contribution is 8.01. The van der Waals surface area contributed by atoms with E-state index in [0.29, 0.717) is 0 Å². The van der Waals surface area contributed by atoms with Crippen molar-refractivity contribution in [2.75, 3.05) is 0 Å². The highest BCUT2D eigenvalue weighted by Crippen LogP contribution is 2.16. The lowest BCUT2D eigenvalue weighted by molar-refractivity contribution is 0.805. The Balaban J connectivity index is 2.75. The monoisotopic (exact) mass is 145 g/mol. The molecule has 0 aliphatic carbocycles. The highest BCUT2D eigenvalue weighted by Gasteiger charge is 1.92. The minimum atomic E-state index is 0.766. The number of hydrogen-bond donors (Lipinski definition) is 0. The van der Waals surface area contributed by atoms with E-state index in [9.17, 15) is 0 Å². The summed E-state index contributed by atoms with van der Waals surface area (Å²) in [7, 11) is 0. The molecule has 0 rings (SSSR count). The number of rotatable bonds is 5. The van der Waals surface area contributed by atoms with Gasteiger partial charge in [0.05, 0.1) is 0 Å². The van der Waals surface area contributed by atoms with E-state index in [4.69, 9.17) is 0 Å². The zero-order valence-electron chi connectivity index (χ0n) is 6.68. The fraction of sp³-hybridized carbons (Fsp3) is 0.875. The van der Waals surface area contributed by atoms with Crippen LogP contribution >= 0.6 is 11.8 Å². The van der Waals surface area contributed by atoms with Crippen LogP contribution in [-0.4, -0.2) is 5.25 Å². The molecule has 0 atom stereocenters. The van der Waals surface area contributed by atoms with Crippen LogP contribution < -0.4 is 0 Å². The topological polar surface area (TPSA) is 0 Å². The molecule has 0 saturated carbocycles. The fourth-order valence-corrected chi connectivity index (χ4v) is 1.24. The van der Waals surface area contributed by atoms with Gasteiger partial charge in [-0.1, -0.05) is 33.6 Å². The molecule has 0 heterocycles. The third-order valence-corrected chi connectivity index (χ3v) is 2.02. The Kier molecular flexibility index (Phi) is 6.72. The molecule has 0 spiro atoms. The summed E-state index contributed by atoms with van der Waals surface area (Å²) in [5.41, 5.74) is 0. The van der Waals surface area contributed by atoms with Gasteiger partial charge in [-0.25, -0.2) is 0 Å². The van der Waals surface area contributed by atoms with Crippen molar-refractivity contribution in [2.45, 2.75) is 45.3 Å². The van der Waals surface area contributed by atoms with Crippen LogP contribution in [-0.2, 0) is 0 Å². The molecule has 0 nitrogen and oxygen atoms in total. The summed E-state index contributed by atoms with van der Waals surface area (Å²) in [6.45, 7) is 6.69. The zero-order valence-corrected chi connectivity index (χ0v) is 7.50. The second-order valence-corrected chi connectivity index (χ2v) is 4.04. The molecule has 9 heavy (non-hydrogen) atoms. The van der Waals surface area contributed by atoms with Gasteiger partial charge in [0, 0.05) is 5.75 Å². The summed E-state index contributed by atoms with van der Waals surface area (Å²) in [5.74, 6) is 2.33. The third-order valence-electron chi connectivity index (χ3n) is 1.04. The Bertz CT molecular complexity index is 50.5. The van der Waals surface area contributed by atoms with Crippen LogP contribution in [0, 0.1) is 5.75 Å². The maximum absolute atomic E-state index is 2.33. The predicted octanol–water partition coefficient (Wildman–Crippen LogP) is 3.48. The molecular formula is C8H17S. The van der Waals surface area contributed by atoms with Gasteiger partial charge in [0.25, 0.3) is 0 Å². The van der Waals surface area contributed by atoms with E-state index in [2.05, 4.69) is 26.5 Å². The summed E-state index contributed by atoms with van der Waals surface area (Å²) in [6.07, 6.45) is 3.94. The van der Waals surface area contributed by atoms with Gasteiger partial charge in [0.1, 0.15) is 0 Å². The van der Waals surface area contributed by atoms with E-state index in [1.54, 1.807) is 0 Å². The zero-order chi connectivity index (χ0) is 7.11. The first-order valence-electron chi connectivity index (χ1n) is 3.74. The van der Waals surface area contributed by atoms with Crippen molar-refractivity contribution < 1.29 is 0 Å². The second kappa shape index (κ2) is 6.47. The Morgan fingerprint density at radius 1 is 1.44 bits per heavy atom. The first-order chi connectivity index (χ1) is 4.27. The molecule has 0 unspecified atom stereocenters. The maximum Gasteiger partial charge on any atom is 0.0169 e. The van der Waals surface area contributed by atoms with Gasteiger partial charge in [-0.2, -0.15) is 11.8 Å². The van der Waals surface area contributed by atoms with Crippen molar-refractivity contribution in [3.63, 3.8) is 0 Å². The molecule has 0 aromatic rings. The molecular weight excluding hydrogens is 128 g/mol. The van der Waals surface area contributed by atoms with Gasteiger partial charge < -0.3 is 0 Å². The minimum Gasteiger partial charge on any atom is -0.155 e. The smallest absolute Gasteiger partial charge is 0.0169 e. The average Bonchev–Trinajstić information content (AvgIpc) is 1.80. The van der Waals surface area contributed by atoms with Crippen molar-refractivity contribution in [1.82, 2.24) is 0 Å². The van der Waals surface area contributed by atoms with E-state index in [1.165, 1.54) is 19.3 Å². The van der Waals surface area contributed by atoms with Crippen LogP contribution in [0.3, 0.4) is 0 Å². The summed E-state index contributed by atoms with van der Waals surface area (Å²) in [4.78, 5) is 0. The Hall–Kier alpha value is 0.350. The number of thioether (sulfide) groups is 1. The molecule has 0 saturated heterocycles. The van der Waals surface area contributed by atoms with Crippen LogP contribution in [0.4, 0.5) is 0 Å². The molecule has 0 aromatic carbocycles. The van der Waals surface area contributed by atoms with Crippen molar-refractivity contribution in [3.8, 4) is 0 Å². The lowest BCUT2D eigenvalue weighted by Gasteiger charge is -2.01. The summed E-state index contributed by atoms with van der Waals surface area (Å²) >= 11 is 1.95. The molecule has 1 radical (unpaired) electrons. The van der Waals surface area contributed by atoms with Gasteiger partial charge >= 0.3 is 0 Å². The van der Waals surface area contributed by atoms with Gasteiger partial charge in [0.2, 0.25) is 0 Å². The second-order valence-electron chi connectivity index (χ2n) is 2.49. The quantitative estimate of drug-likeness (QED) is 0.534. The minimum absolute atomic E-state index is 0.766. The lowest BCUT2D eigenvalue weighted by Crippen LogP contribution is -1.84. The summed E-state index contributed by atoms with van der Waals surface area (Å²) < 4.78 is 0. The van der Waals surface area contributed by atoms with Crippen LogP contribution in [0.2, 0.25) is 0 Å². The SMILES string of the molecule is CCCC[CH]SC(C)C. The lowest BCUT2D eigenvalue weighted by atomic mass is 10.3. The van der Waals surface area contributed by atoms with Crippen LogP contribution in [0.1, 0.15) is 40.0 Å². The van der Waals surface area contributed by atoms with Crippen molar-refractivity contribution in [3.05, 3.63) is 5.75 Å². The van der Waals surface area contributed by atoms with Crippen LogP contribution in [0.5, 0.6) is 0 Å². The molecule has 0 fully saturated rings. The molecule has 55 valence electrons. The van der Waals surface area contributed by atoms with Gasteiger partial charge in [-0.15, -0.1) is 0 Å². The Morgan fingerprint density at radius 3 is 2.56 bits per heavy atom. The molecule has 0 amide bonds. The number of unbranched alkanes of at least 4 members (excludes halogenated alkanes) is 2. The normalized spacial score (nSPS) is 10.7. The predicted molar refractivity (Wildman–Crippen MR) is 46.6 cm³/mol. The Morgan fingerprint density at radius 2 is 2.11 bits per heavy atom. The van der Waals surface area contributed by atoms with E-state index in [-0.39, 0.29) is 0 Å².